The number of fused-ring (bicyclic) bond motifs is 1. The van der Waals surface area contributed by atoms with E-state index in [0.29, 0.717) is 11.4 Å². The van der Waals surface area contributed by atoms with Gasteiger partial charge in [0.25, 0.3) is 5.91 Å². The van der Waals surface area contributed by atoms with Crippen LogP contribution in [0.15, 0.2) is 41.5 Å². The SMILES string of the molecule is C[C@H]1O[C@](C)(c2ccco2)CN(C(=O)c2cc3ncnn3cn2)C1N. The molecule has 1 fully saturated rings. The summed E-state index contributed by atoms with van der Waals surface area (Å²) in [5, 5.41) is 3.98. The Bertz CT molecular complexity index is 908. The molecule has 3 aromatic heterocycles. The topological polar surface area (TPSA) is 112 Å². The second-order valence-corrected chi connectivity index (χ2v) is 6.29. The van der Waals surface area contributed by atoms with Crippen molar-refractivity contribution in [3.8, 4) is 0 Å². The van der Waals surface area contributed by atoms with Gasteiger partial charge in [-0.1, -0.05) is 0 Å². The summed E-state index contributed by atoms with van der Waals surface area (Å²) in [4.78, 5) is 22.8. The second-order valence-electron chi connectivity index (χ2n) is 6.29. The predicted octanol–water partition coefficient (Wildman–Crippen LogP) is 0.778. The summed E-state index contributed by atoms with van der Waals surface area (Å²) in [6.45, 7) is 3.97. The molecule has 1 aliphatic heterocycles. The molecule has 0 aliphatic carbocycles. The molecule has 3 aromatic rings. The number of hydrogen-bond donors (Lipinski definition) is 1. The lowest BCUT2D eigenvalue weighted by Gasteiger charge is -2.46. The van der Waals surface area contributed by atoms with Crippen molar-refractivity contribution in [1.29, 1.82) is 0 Å². The highest BCUT2D eigenvalue weighted by atomic mass is 16.5. The molecule has 0 radical (unpaired) electrons. The normalized spacial score (nSPS) is 26.9. The van der Waals surface area contributed by atoms with Gasteiger partial charge in [0, 0.05) is 6.07 Å². The van der Waals surface area contributed by atoms with Crippen LogP contribution < -0.4 is 5.73 Å². The van der Waals surface area contributed by atoms with Gasteiger partial charge in [-0.2, -0.15) is 5.10 Å². The van der Waals surface area contributed by atoms with Gasteiger partial charge in [-0.05, 0) is 26.0 Å². The average molecular weight is 342 g/mol. The molecule has 0 bridgehead atoms. The molecular formula is C16H18N6O3. The van der Waals surface area contributed by atoms with E-state index in [1.165, 1.54) is 17.2 Å². The highest BCUT2D eigenvalue weighted by Crippen LogP contribution is 2.34. The minimum Gasteiger partial charge on any atom is -0.466 e. The summed E-state index contributed by atoms with van der Waals surface area (Å²) in [5.41, 5.74) is 6.23. The van der Waals surface area contributed by atoms with Gasteiger partial charge in [0.1, 0.15) is 35.9 Å². The van der Waals surface area contributed by atoms with Crippen molar-refractivity contribution in [2.24, 2.45) is 5.73 Å². The van der Waals surface area contributed by atoms with Crippen LogP contribution in [0.4, 0.5) is 0 Å². The zero-order valence-electron chi connectivity index (χ0n) is 13.9. The molecule has 3 atom stereocenters. The van der Waals surface area contributed by atoms with E-state index in [-0.39, 0.29) is 24.2 Å². The van der Waals surface area contributed by atoms with Crippen LogP contribution in [0, 0.1) is 0 Å². The number of hydrogen-bond acceptors (Lipinski definition) is 7. The minimum absolute atomic E-state index is 0.254. The van der Waals surface area contributed by atoms with Gasteiger partial charge in [-0.3, -0.25) is 4.79 Å². The first-order valence-corrected chi connectivity index (χ1v) is 7.92. The molecule has 1 amide bonds. The lowest BCUT2D eigenvalue weighted by Crippen LogP contribution is -2.62. The molecular weight excluding hydrogens is 324 g/mol. The van der Waals surface area contributed by atoms with Crippen LogP contribution in [-0.4, -0.2) is 49.2 Å². The molecule has 25 heavy (non-hydrogen) atoms. The predicted molar refractivity (Wildman–Crippen MR) is 86.4 cm³/mol. The molecule has 9 nitrogen and oxygen atoms in total. The largest absolute Gasteiger partial charge is 0.466 e. The summed E-state index contributed by atoms with van der Waals surface area (Å²) in [6.07, 6.45) is 3.48. The van der Waals surface area contributed by atoms with Crippen molar-refractivity contribution < 1.29 is 13.9 Å². The van der Waals surface area contributed by atoms with Crippen LogP contribution in [0.5, 0.6) is 0 Å². The fourth-order valence-electron chi connectivity index (χ4n) is 3.12. The fourth-order valence-corrected chi connectivity index (χ4v) is 3.12. The molecule has 0 aromatic carbocycles. The smallest absolute Gasteiger partial charge is 0.274 e. The van der Waals surface area contributed by atoms with Gasteiger partial charge >= 0.3 is 0 Å². The van der Waals surface area contributed by atoms with E-state index in [4.69, 9.17) is 14.9 Å². The molecule has 4 rings (SSSR count). The molecule has 1 aliphatic rings. The van der Waals surface area contributed by atoms with Crippen molar-refractivity contribution >= 4 is 11.6 Å². The standard InChI is InChI=1S/C16H18N6O3/c1-10-14(17)21(7-16(2,25-10)12-4-3-5-24-12)15(23)11-6-13-18-8-20-22(13)9-19-11/h3-6,8-10,14H,7,17H2,1-2H3/t10-,14?,16+/m1/s1. The third kappa shape index (κ3) is 2.57. The molecule has 2 N–H and O–H groups in total. The molecule has 1 unspecified atom stereocenters. The van der Waals surface area contributed by atoms with Crippen LogP contribution in [0.3, 0.4) is 0 Å². The zero-order valence-corrected chi connectivity index (χ0v) is 13.9. The van der Waals surface area contributed by atoms with E-state index in [2.05, 4.69) is 15.1 Å². The summed E-state index contributed by atoms with van der Waals surface area (Å²) < 4.78 is 13.0. The maximum absolute atomic E-state index is 13.0. The number of carbonyl (C=O) groups is 1. The quantitative estimate of drug-likeness (QED) is 0.732. The van der Waals surface area contributed by atoms with Crippen molar-refractivity contribution in [2.45, 2.75) is 31.7 Å². The Balaban J connectivity index is 1.68. The Morgan fingerprint density at radius 1 is 1.44 bits per heavy atom. The minimum atomic E-state index is -0.784. The number of nitrogens with zero attached hydrogens (tertiary/aromatic N) is 5. The van der Waals surface area contributed by atoms with Gasteiger partial charge < -0.3 is 19.8 Å². The number of rotatable bonds is 2. The molecule has 4 heterocycles. The van der Waals surface area contributed by atoms with Gasteiger partial charge in [-0.25, -0.2) is 14.5 Å². The number of nitrogens with two attached hydrogens (primary N) is 1. The Hall–Kier alpha value is -2.78. The summed E-state index contributed by atoms with van der Waals surface area (Å²) in [5.74, 6) is 0.357. The van der Waals surface area contributed by atoms with Crippen molar-refractivity contribution in [3.63, 3.8) is 0 Å². The maximum atomic E-state index is 13.0. The third-order valence-corrected chi connectivity index (χ3v) is 4.45. The summed E-state index contributed by atoms with van der Waals surface area (Å²) in [7, 11) is 0. The van der Waals surface area contributed by atoms with E-state index in [1.54, 1.807) is 23.3 Å². The Morgan fingerprint density at radius 3 is 3.04 bits per heavy atom. The van der Waals surface area contributed by atoms with Gasteiger partial charge in [-0.15, -0.1) is 0 Å². The van der Waals surface area contributed by atoms with E-state index in [0.717, 1.165) is 0 Å². The number of carbonyl (C=O) groups excluding carboxylic acids is 1. The maximum Gasteiger partial charge on any atom is 0.274 e. The molecule has 1 saturated heterocycles. The first-order chi connectivity index (χ1) is 12.0. The van der Waals surface area contributed by atoms with E-state index in [9.17, 15) is 4.79 Å². The van der Waals surface area contributed by atoms with Gasteiger partial charge in [0.05, 0.1) is 18.9 Å². The lowest BCUT2D eigenvalue weighted by molar-refractivity contribution is -0.167. The number of amides is 1. The number of furan rings is 1. The van der Waals surface area contributed by atoms with E-state index >= 15 is 0 Å². The highest BCUT2D eigenvalue weighted by Gasteiger charge is 2.45. The third-order valence-electron chi connectivity index (χ3n) is 4.45. The van der Waals surface area contributed by atoms with Crippen LogP contribution >= 0.6 is 0 Å². The number of aromatic nitrogens is 4. The Morgan fingerprint density at radius 2 is 2.28 bits per heavy atom. The molecule has 9 heteroatoms. The molecule has 0 spiro atoms. The van der Waals surface area contributed by atoms with Crippen LogP contribution in [0.1, 0.15) is 30.1 Å². The first-order valence-electron chi connectivity index (χ1n) is 7.92. The van der Waals surface area contributed by atoms with Crippen molar-refractivity contribution in [1.82, 2.24) is 24.5 Å². The summed E-state index contributed by atoms with van der Waals surface area (Å²) >= 11 is 0. The van der Waals surface area contributed by atoms with Gasteiger partial charge in [0.15, 0.2) is 5.65 Å². The monoisotopic (exact) mass is 342 g/mol. The van der Waals surface area contributed by atoms with Crippen LogP contribution in [0.25, 0.3) is 5.65 Å². The Kier molecular flexibility index (Phi) is 3.55. The van der Waals surface area contributed by atoms with Crippen LogP contribution in [0.2, 0.25) is 0 Å². The first kappa shape index (κ1) is 15.7. The van der Waals surface area contributed by atoms with Crippen molar-refractivity contribution in [3.05, 3.63) is 48.6 Å². The summed E-state index contributed by atoms with van der Waals surface area (Å²) in [6, 6.07) is 5.20. The zero-order chi connectivity index (χ0) is 17.6. The lowest BCUT2D eigenvalue weighted by atomic mass is 9.98. The fraction of sp³-hybridized carbons (Fsp3) is 0.375. The number of morpholine rings is 1. The average Bonchev–Trinajstić information content (AvgIpc) is 3.28. The highest BCUT2D eigenvalue weighted by molar-refractivity contribution is 5.93. The van der Waals surface area contributed by atoms with E-state index < -0.39 is 11.8 Å². The molecule has 130 valence electrons. The second kappa shape index (κ2) is 5.64. The molecule has 0 saturated carbocycles. The van der Waals surface area contributed by atoms with E-state index in [1.807, 2.05) is 19.9 Å². The number of ether oxygens (including phenoxy) is 1. The van der Waals surface area contributed by atoms with Crippen LogP contribution in [-0.2, 0) is 10.3 Å². The van der Waals surface area contributed by atoms with Crippen molar-refractivity contribution in [2.75, 3.05) is 6.54 Å². The van der Waals surface area contributed by atoms with Gasteiger partial charge in [0.2, 0.25) is 0 Å². The Labute approximate surface area is 143 Å².